The molecule has 0 bridgehead atoms. The lowest BCUT2D eigenvalue weighted by Gasteiger charge is -2.42. The van der Waals surface area contributed by atoms with Gasteiger partial charge in [-0.25, -0.2) is 4.79 Å². The van der Waals surface area contributed by atoms with Gasteiger partial charge in [0.15, 0.2) is 0 Å². The summed E-state index contributed by atoms with van der Waals surface area (Å²) in [5, 5.41) is 21.0. The lowest BCUT2D eigenvalue weighted by molar-refractivity contribution is -0.159. The number of carboxylic acids is 1. The maximum atomic E-state index is 12.2. The fraction of sp³-hybridized carbons (Fsp3) is 0.688. The Morgan fingerprint density at radius 2 is 2.04 bits per heavy atom. The number of carboxylic acid groups (broad SMARTS) is 1. The maximum absolute atomic E-state index is 12.2. The molecule has 0 aromatic rings. The molecule has 0 aromatic heterocycles. The number of esters is 1. The molecule has 7 nitrogen and oxygen atoms in total. The SMILES string of the molecule is CC1=C(CC(=O)NCCC(=O)O)C(=O)OC2C1CCC(O)C2C. The molecule has 4 unspecified atom stereocenters. The van der Waals surface area contributed by atoms with Gasteiger partial charge < -0.3 is 20.3 Å². The first kappa shape index (κ1) is 17.5. The van der Waals surface area contributed by atoms with Crippen LogP contribution in [0.4, 0.5) is 0 Å². The van der Waals surface area contributed by atoms with E-state index in [0.717, 1.165) is 12.0 Å². The molecule has 128 valence electrons. The molecule has 4 atom stereocenters. The zero-order chi connectivity index (χ0) is 17.1. The molecular weight excluding hydrogens is 302 g/mol. The fourth-order valence-corrected chi connectivity index (χ4v) is 3.34. The van der Waals surface area contributed by atoms with Crippen LogP contribution in [0.2, 0.25) is 0 Å². The second-order valence-corrected chi connectivity index (χ2v) is 6.31. The number of rotatable bonds is 5. The van der Waals surface area contributed by atoms with Gasteiger partial charge in [0.25, 0.3) is 0 Å². The number of aliphatic hydroxyl groups excluding tert-OH is 1. The lowest BCUT2D eigenvalue weighted by atomic mass is 9.72. The van der Waals surface area contributed by atoms with Crippen molar-refractivity contribution in [3.63, 3.8) is 0 Å². The molecule has 23 heavy (non-hydrogen) atoms. The predicted molar refractivity (Wildman–Crippen MR) is 80.4 cm³/mol. The monoisotopic (exact) mass is 325 g/mol. The van der Waals surface area contributed by atoms with Crippen molar-refractivity contribution < 1.29 is 29.3 Å². The average Bonchev–Trinajstić information content (AvgIpc) is 2.47. The third-order valence-electron chi connectivity index (χ3n) is 4.82. The van der Waals surface area contributed by atoms with Gasteiger partial charge in [-0.15, -0.1) is 0 Å². The van der Waals surface area contributed by atoms with Crippen LogP contribution in [0.3, 0.4) is 0 Å². The van der Waals surface area contributed by atoms with Gasteiger partial charge in [-0.3, -0.25) is 9.59 Å². The van der Waals surface area contributed by atoms with Gasteiger partial charge in [0.2, 0.25) is 5.91 Å². The first-order valence-electron chi connectivity index (χ1n) is 7.88. The molecule has 1 saturated carbocycles. The van der Waals surface area contributed by atoms with E-state index >= 15 is 0 Å². The summed E-state index contributed by atoms with van der Waals surface area (Å²) in [4.78, 5) is 34.5. The first-order chi connectivity index (χ1) is 10.8. The van der Waals surface area contributed by atoms with E-state index in [1.807, 2.05) is 13.8 Å². The summed E-state index contributed by atoms with van der Waals surface area (Å²) in [5.74, 6) is -1.99. The minimum atomic E-state index is -0.990. The van der Waals surface area contributed by atoms with E-state index in [9.17, 15) is 19.5 Å². The lowest BCUT2D eigenvalue weighted by Crippen LogP contribution is -2.47. The Labute approximate surface area is 134 Å². The highest BCUT2D eigenvalue weighted by Crippen LogP contribution is 2.41. The van der Waals surface area contributed by atoms with E-state index in [0.29, 0.717) is 12.0 Å². The third-order valence-corrected chi connectivity index (χ3v) is 4.82. The van der Waals surface area contributed by atoms with Crippen LogP contribution in [0, 0.1) is 11.8 Å². The van der Waals surface area contributed by atoms with E-state index in [1.165, 1.54) is 0 Å². The van der Waals surface area contributed by atoms with Gasteiger partial charge in [-0.1, -0.05) is 12.5 Å². The molecule has 1 fully saturated rings. The number of hydrogen-bond donors (Lipinski definition) is 3. The minimum Gasteiger partial charge on any atom is -0.481 e. The predicted octanol–water partition coefficient (Wildman–Crippen LogP) is 0.616. The number of hydrogen-bond acceptors (Lipinski definition) is 5. The fourth-order valence-electron chi connectivity index (χ4n) is 3.34. The first-order valence-corrected chi connectivity index (χ1v) is 7.88. The van der Waals surface area contributed by atoms with Crippen LogP contribution in [0.25, 0.3) is 0 Å². The van der Waals surface area contributed by atoms with Gasteiger partial charge in [-0.2, -0.15) is 0 Å². The minimum absolute atomic E-state index is 0.0326. The van der Waals surface area contributed by atoms with Crippen molar-refractivity contribution in [2.45, 2.75) is 51.7 Å². The summed E-state index contributed by atoms with van der Waals surface area (Å²) in [7, 11) is 0. The zero-order valence-corrected chi connectivity index (χ0v) is 13.4. The van der Waals surface area contributed by atoms with Crippen molar-refractivity contribution in [2.75, 3.05) is 6.54 Å². The summed E-state index contributed by atoms with van der Waals surface area (Å²) in [6, 6.07) is 0. The summed E-state index contributed by atoms with van der Waals surface area (Å²) >= 11 is 0. The average molecular weight is 325 g/mol. The molecule has 1 amide bonds. The molecule has 7 heteroatoms. The number of ether oxygens (including phenoxy) is 1. The highest BCUT2D eigenvalue weighted by Gasteiger charge is 2.44. The van der Waals surface area contributed by atoms with Crippen molar-refractivity contribution in [3.05, 3.63) is 11.1 Å². The summed E-state index contributed by atoms with van der Waals surface area (Å²) in [6.45, 7) is 3.73. The molecule has 0 spiro atoms. The quantitative estimate of drug-likeness (QED) is 0.639. The highest BCUT2D eigenvalue weighted by molar-refractivity contribution is 5.96. The Kier molecular flexibility index (Phi) is 5.41. The number of carbonyl (C=O) groups excluding carboxylic acids is 2. The summed E-state index contributed by atoms with van der Waals surface area (Å²) < 4.78 is 5.47. The van der Waals surface area contributed by atoms with Gasteiger partial charge in [0.05, 0.1) is 18.9 Å². The topological polar surface area (TPSA) is 113 Å². The Balaban J connectivity index is 2.05. The zero-order valence-electron chi connectivity index (χ0n) is 13.4. The maximum Gasteiger partial charge on any atom is 0.334 e. The summed E-state index contributed by atoms with van der Waals surface area (Å²) in [6.07, 6.45) is 0.288. The molecule has 1 heterocycles. The molecule has 1 aliphatic carbocycles. The van der Waals surface area contributed by atoms with E-state index in [1.54, 1.807) is 0 Å². The standard InChI is InChI=1S/C16H23NO6/c1-8-10-3-4-12(18)9(2)15(10)23-16(22)11(8)7-13(19)17-6-5-14(20)21/h9-10,12,15,18H,3-7H2,1-2H3,(H,17,19)(H,20,21). The van der Waals surface area contributed by atoms with E-state index in [4.69, 9.17) is 9.84 Å². The van der Waals surface area contributed by atoms with Crippen LogP contribution in [0.15, 0.2) is 11.1 Å². The molecular formula is C16H23NO6. The molecule has 0 radical (unpaired) electrons. The largest absolute Gasteiger partial charge is 0.481 e. The van der Waals surface area contributed by atoms with Crippen molar-refractivity contribution in [3.8, 4) is 0 Å². The van der Waals surface area contributed by atoms with Crippen molar-refractivity contribution in [1.29, 1.82) is 0 Å². The molecule has 2 rings (SSSR count). The Morgan fingerprint density at radius 1 is 1.35 bits per heavy atom. The number of aliphatic hydroxyl groups is 1. The van der Waals surface area contributed by atoms with Crippen LogP contribution >= 0.6 is 0 Å². The van der Waals surface area contributed by atoms with Gasteiger partial charge in [-0.05, 0) is 19.8 Å². The second-order valence-electron chi connectivity index (χ2n) is 6.31. The van der Waals surface area contributed by atoms with E-state index in [2.05, 4.69) is 5.32 Å². The van der Waals surface area contributed by atoms with Crippen LogP contribution in [0.1, 0.15) is 39.5 Å². The van der Waals surface area contributed by atoms with Crippen LogP contribution < -0.4 is 5.32 Å². The van der Waals surface area contributed by atoms with Crippen LogP contribution in [-0.2, 0) is 19.1 Å². The number of amides is 1. The summed E-state index contributed by atoms with van der Waals surface area (Å²) in [5.41, 5.74) is 1.20. The Bertz CT molecular complexity index is 541. The van der Waals surface area contributed by atoms with E-state index < -0.39 is 18.0 Å². The van der Waals surface area contributed by atoms with E-state index in [-0.39, 0.29) is 43.2 Å². The van der Waals surface area contributed by atoms with Crippen molar-refractivity contribution in [2.24, 2.45) is 11.8 Å². The molecule has 1 aliphatic heterocycles. The Hall–Kier alpha value is -1.89. The van der Waals surface area contributed by atoms with Gasteiger partial charge in [0.1, 0.15) is 6.10 Å². The smallest absolute Gasteiger partial charge is 0.334 e. The Morgan fingerprint density at radius 3 is 2.70 bits per heavy atom. The van der Waals surface area contributed by atoms with Crippen molar-refractivity contribution >= 4 is 17.8 Å². The molecule has 0 saturated heterocycles. The molecule has 3 N–H and O–H groups in total. The van der Waals surface area contributed by atoms with Crippen molar-refractivity contribution in [1.82, 2.24) is 5.32 Å². The van der Waals surface area contributed by atoms with Crippen LogP contribution in [-0.4, -0.2) is 46.8 Å². The third kappa shape index (κ3) is 3.90. The molecule has 0 aromatic carbocycles. The second kappa shape index (κ2) is 7.12. The normalized spacial score (nSPS) is 30.5. The number of aliphatic carboxylic acids is 1. The van der Waals surface area contributed by atoms with Gasteiger partial charge >= 0.3 is 11.9 Å². The van der Waals surface area contributed by atoms with Gasteiger partial charge in [0, 0.05) is 24.0 Å². The highest BCUT2D eigenvalue weighted by atomic mass is 16.5. The van der Waals surface area contributed by atoms with Crippen LogP contribution in [0.5, 0.6) is 0 Å². The number of carbonyl (C=O) groups is 3. The number of fused-ring (bicyclic) bond motifs is 1. The number of nitrogens with one attached hydrogen (secondary N) is 1. The molecule has 2 aliphatic rings.